The molecule has 0 amide bonds. The SMILES string of the molecule is C[C@@H](CO)C(=O)[O-]. The molecule has 0 aliphatic heterocycles. The number of aliphatic hydroxyl groups excluding tert-OH is 1. The maximum Gasteiger partial charge on any atom is 0.0508 e. The van der Waals surface area contributed by atoms with Crippen LogP contribution < -0.4 is 5.11 Å². The molecule has 0 aromatic rings. The van der Waals surface area contributed by atoms with Crippen molar-refractivity contribution in [3.8, 4) is 0 Å². The number of rotatable bonds is 2. The Labute approximate surface area is 41.6 Å². The molecule has 0 aromatic carbocycles. The normalized spacial score (nSPS) is 13.4. The van der Waals surface area contributed by atoms with Gasteiger partial charge in [0.15, 0.2) is 0 Å². The van der Waals surface area contributed by atoms with Gasteiger partial charge in [-0.2, -0.15) is 0 Å². The lowest BCUT2D eigenvalue weighted by molar-refractivity contribution is -0.311. The van der Waals surface area contributed by atoms with Crippen LogP contribution in [0.1, 0.15) is 6.92 Å². The van der Waals surface area contributed by atoms with Gasteiger partial charge in [0.25, 0.3) is 0 Å². The van der Waals surface area contributed by atoms with Crippen molar-refractivity contribution in [1.29, 1.82) is 0 Å². The first kappa shape index (κ1) is 6.43. The predicted molar refractivity (Wildman–Crippen MR) is 21.3 cm³/mol. The van der Waals surface area contributed by atoms with E-state index in [9.17, 15) is 9.90 Å². The summed E-state index contributed by atoms with van der Waals surface area (Å²) in [5.41, 5.74) is 0. The van der Waals surface area contributed by atoms with Gasteiger partial charge >= 0.3 is 0 Å². The van der Waals surface area contributed by atoms with Crippen molar-refractivity contribution in [2.45, 2.75) is 6.92 Å². The summed E-state index contributed by atoms with van der Waals surface area (Å²) in [6.45, 7) is 1.04. The summed E-state index contributed by atoms with van der Waals surface area (Å²) in [6.07, 6.45) is 0. The van der Waals surface area contributed by atoms with Crippen LogP contribution in [0.2, 0.25) is 0 Å². The number of carboxylic acids is 1. The maximum absolute atomic E-state index is 9.66. The van der Waals surface area contributed by atoms with Crippen LogP contribution in [0, 0.1) is 5.92 Å². The van der Waals surface area contributed by atoms with Gasteiger partial charge in [0.05, 0.1) is 6.61 Å². The fourth-order valence-corrected chi connectivity index (χ4v) is 0.0745. The summed E-state index contributed by atoms with van der Waals surface area (Å²) in [6, 6.07) is 0. The Hall–Kier alpha value is -0.570. The van der Waals surface area contributed by atoms with Gasteiger partial charge in [-0.15, -0.1) is 0 Å². The van der Waals surface area contributed by atoms with E-state index in [0.29, 0.717) is 0 Å². The molecule has 0 fully saturated rings. The topological polar surface area (TPSA) is 60.4 Å². The number of carboxylic acid groups (broad SMARTS) is 1. The molecule has 0 heterocycles. The summed E-state index contributed by atoms with van der Waals surface area (Å²) < 4.78 is 0. The quantitative estimate of drug-likeness (QED) is 0.456. The second-order valence-corrected chi connectivity index (χ2v) is 1.40. The molecule has 0 unspecified atom stereocenters. The summed E-state index contributed by atoms with van der Waals surface area (Å²) in [5, 5.41) is 17.7. The molecule has 0 rings (SSSR count). The summed E-state index contributed by atoms with van der Waals surface area (Å²) in [5.74, 6) is -1.94. The maximum atomic E-state index is 9.66. The van der Waals surface area contributed by atoms with Gasteiger partial charge in [0.2, 0.25) is 0 Å². The molecule has 3 heteroatoms. The molecule has 1 atom stereocenters. The van der Waals surface area contributed by atoms with E-state index in [1.807, 2.05) is 0 Å². The van der Waals surface area contributed by atoms with Gasteiger partial charge in [-0.05, 0) is 0 Å². The monoisotopic (exact) mass is 103 g/mol. The average molecular weight is 103 g/mol. The van der Waals surface area contributed by atoms with Gasteiger partial charge < -0.3 is 15.0 Å². The first-order valence-electron chi connectivity index (χ1n) is 2.00. The van der Waals surface area contributed by atoms with Crippen molar-refractivity contribution in [2.75, 3.05) is 6.61 Å². The Morgan fingerprint density at radius 2 is 2.43 bits per heavy atom. The van der Waals surface area contributed by atoms with Gasteiger partial charge in [0, 0.05) is 11.9 Å². The zero-order chi connectivity index (χ0) is 5.86. The number of carbonyl (C=O) groups is 1. The fraction of sp³-hybridized carbons (Fsp3) is 0.750. The standard InChI is InChI=1S/C4H8O3/c1-3(2-5)4(6)7/h3,5H,2H2,1H3,(H,6,7)/p-1/t3-/m0/s1. The van der Waals surface area contributed by atoms with Crippen LogP contribution in [0.25, 0.3) is 0 Å². The molecule has 0 aliphatic carbocycles. The second kappa shape index (κ2) is 2.58. The van der Waals surface area contributed by atoms with Gasteiger partial charge in [-0.25, -0.2) is 0 Å². The Kier molecular flexibility index (Phi) is 2.37. The predicted octanol–water partition coefficient (Wildman–Crippen LogP) is -1.64. The third-order valence-corrected chi connectivity index (χ3v) is 0.676. The van der Waals surface area contributed by atoms with E-state index in [0.717, 1.165) is 0 Å². The number of hydrogen-bond donors (Lipinski definition) is 1. The summed E-state index contributed by atoms with van der Waals surface area (Å²) in [4.78, 5) is 9.66. The minimum Gasteiger partial charge on any atom is -0.550 e. The van der Waals surface area contributed by atoms with Crippen molar-refractivity contribution in [3.05, 3.63) is 0 Å². The van der Waals surface area contributed by atoms with Crippen LogP contribution in [0.15, 0.2) is 0 Å². The lowest BCUT2D eigenvalue weighted by Gasteiger charge is -2.05. The molecule has 0 aliphatic rings. The minimum absolute atomic E-state index is 0.345. The summed E-state index contributed by atoms with van der Waals surface area (Å²) >= 11 is 0. The first-order valence-corrected chi connectivity index (χ1v) is 2.00. The average Bonchev–Trinajstić information content (AvgIpc) is 1.65. The molecule has 0 radical (unpaired) electrons. The Balaban J connectivity index is 3.34. The molecular formula is C4H7O3-. The third-order valence-electron chi connectivity index (χ3n) is 0.676. The molecule has 1 N–H and O–H groups in total. The van der Waals surface area contributed by atoms with E-state index in [-0.39, 0.29) is 6.61 Å². The van der Waals surface area contributed by atoms with Gasteiger partial charge in [0.1, 0.15) is 0 Å². The highest BCUT2D eigenvalue weighted by molar-refractivity contribution is 5.67. The molecule has 42 valence electrons. The Bertz CT molecular complexity index is 69.3. The zero-order valence-corrected chi connectivity index (χ0v) is 4.05. The number of hydrogen-bond acceptors (Lipinski definition) is 3. The van der Waals surface area contributed by atoms with Crippen molar-refractivity contribution in [1.82, 2.24) is 0 Å². The van der Waals surface area contributed by atoms with Crippen LogP contribution in [0.5, 0.6) is 0 Å². The number of aliphatic hydroxyl groups is 1. The lowest BCUT2D eigenvalue weighted by atomic mass is 10.2. The zero-order valence-electron chi connectivity index (χ0n) is 4.05. The minimum atomic E-state index is -1.21. The largest absolute Gasteiger partial charge is 0.550 e. The Morgan fingerprint density at radius 1 is 2.00 bits per heavy atom. The van der Waals surface area contributed by atoms with Crippen LogP contribution in [-0.2, 0) is 4.79 Å². The van der Waals surface area contributed by atoms with Crippen LogP contribution in [-0.4, -0.2) is 17.7 Å². The molecule has 0 bridgehead atoms. The van der Waals surface area contributed by atoms with E-state index in [1.54, 1.807) is 0 Å². The highest BCUT2D eigenvalue weighted by Gasteiger charge is 1.96. The van der Waals surface area contributed by atoms with Crippen molar-refractivity contribution < 1.29 is 15.0 Å². The van der Waals surface area contributed by atoms with E-state index in [2.05, 4.69) is 0 Å². The van der Waals surface area contributed by atoms with Crippen LogP contribution in [0.3, 0.4) is 0 Å². The van der Waals surface area contributed by atoms with E-state index >= 15 is 0 Å². The fourth-order valence-electron chi connectivity index (χ4n) is 0.0745. The van der Waals surface area contributed by atoms with E-state index in [4.69, 9.17) is 5.11 Å². The van der Waals surface area contributed by atoms with E-state index < -0.39 is 11.9 Å². The first-order chi connectivity index (χ1) is 3.18. The second-order valence-electron chi connectivity index (χ2n) is 1.40. The molecule has 0 spiro atoms. The molecule has 3 nitrogen and oxygen atoms in total. The molecule has 0 saturated carbocycles. The smallest absolute Gasteiger partial charge is 0.0508 e. The highest BCUT2D eigenvalue weighted by Crippen LogP contribution is 1.86. The van der Waals surface area contributed by atoms with Crippen LogP contribution in [0.4, 0.5) is 0 Å². The van der Waals surface area contributed by atoms with Gasteiger partial charge in [-0.1, -0.05) is 6.92 Å². The van der Waals surface area contributed by atoms with Crippen molar-refractivity contribution >= 4 is 5.97 Å². The highest BCUT2D eigenvalue weighted by atomic mass is 16.4. The Morgan fingerprint density at radius 3 is 2.43 bits per heavy atom. The number of carbonyl (C=O) groups excluding carboxylic acids is 1. The molecule has 0 aromatic heterocycles. The lowest BCUT2D eigenvalue weighted by Crippen LogP contribution is -2.31. The third kappa shape index (κ3) is 2.17. The van der Waals surface area contributed by atoms with Gasteiger partial charge in [-0.3, -0.25) is 0 Å². The van der Waals surface area contributed by atoms with Crippen LogP contribution >= 0.6 is 0 Å². The molecular weight excluding hydrogens is 96.0 g/mol. The summed E-state index contributed by atoms with van der Waals surface area (Å²) in [7, 11) is 0. The van der Waals surface area contributed by atoms with Crippen molar-refractivity contribution in [2.24, 2.45) is 5.92 Å². The van der Waals surface area contributed by atoms with E-state index in [1.165, 1.54) is 6.92 Å². The molecule has 0 saturated heterocycles. The molecule has 7 heavy (non-hydrogen) atoms. The van der Waals surface area contributed by atoms with Crippen molar-refractivity contribution in [3.63, 3.8) is 0 Å². The number of aliphatic carboxylic acids is 1.